The molecular weight excluding hydrogens is 364 g/mol. The van der Waals surface area contributed by atoms with Gasteiger partial charge in [0.05, 0.1) is 18.8 Å². The van der Waals surface area contributed by atoms with Gasteiger partial charge in [0.25, 0.3) is 0 Å². The van der Waals surface area contributed by atoms with Crippen molar-refractivity contribution in [3.05, 3.63) is 11.8 Å². The van der Waals surface area contributed by atoms with Gasteiger partial charge in [0.15, 0.2) is 17.8 Å². The van der Waals surface area contributed by atoms with E-state index in [-0.39, 0.29) is 29.8 Å². The van der Waals surface area contributed by atoms with Crippen LogP contribution < -0.4 is 0 Å². The second-order valence-corrected chi connectivity index (χ2v) is 9.75. The Labute approximate surface area is 164 Å². The number of carbonyl (C=O) groups excluding carboxylic acids is 2. The molecule has 0 unspecified atom stereocenters. The van der Waals surface area contributed by atoms with Crippen molar-refractivity contribution in [1.29, 1.82) is 0 Å². The highest BCUT2D eigenvalue weighted by atomic mass is 16.6. The van der Waals surface area contributed by atoms with E-state index in [4.69, 9.17) is 9.47 Å². The first-order valence-electron chi connectivity index (χ1n) is 10.00. The first-order chi connectivity index (χ1) is 12.9. The molecule has 4 aliphatic rings. The molecule has 0 aromatic heterocycles. The third kappa shape index (κ3) is 2.13. The Kier molecular flexibility index (Phi) is 4.20. The van der Waals surface area contributed by atoms with Crippen molar-refractivity contribution in [3.8, 4) is 0 Å². The minimum absolute atomic E-state index is 0.0456. The summed E-state index contributed by atoms with van der Waals surface area (Å²) in [5, 5.41) is 32.2. The van der Waals surface area contributed by atoms with Crippen molar-refractivity contribution in [3.63, 3.8) is 0 Å². The molecule has 1 aliphatic heterocycles. The van der Waals surface area contributed by atoms with Crippen molar-refractivity contribution in [2.75, 3.05) is 7.11 Å². The summed E-state index contributed by atoms with van der Waals surface area (Å²) in [5.41, 5.74) is -3.68. The SMILES string of the molecule is COC1=C[C@@H](C)[C@@H]2C[C@@H]3O[C@@H](O)C[C@H]4[C@](C)(O)[C@@H](O)C(=O)[C@@H]([C@@]2(C)C1=O)[C@]34C. The van der Waals surface area contributed by atoms with Gasteiger partial charge in [0.1, 0.15) is 6.10 Å². The van der Waals surface area contributed by atoms with Crippen molar-refractivity contribution < 1.29 is 34.4 Å². The number of carbonyl (C=O) groups is 2. The lowest BCUT2D eigenvalue weighted by atomic mass is 9.38. The first-order valence-corrected chi connectivity index (χ1v) is 10.00. The number of aliphatic hydroxyl groups is 3. The second-order valence-electron chi connectivity index (χ2n) is 9.75. The molecule has 0 spiro atoms. The number of fused-ring (bicyclic) bond motifs is 2. The fourth-order valence-electron chi connectivity index (χ4n) is 7.13. The fraction of sp³-hybridized carbons (Fsp3) is 0.810. The van der Waals surface area contributed by atoms with Crippen LogP contribution in [0, 0.1) is 34.5 Å². The third-order valence-corrected chi connectivity index (χ3v) is 8.46. The molecule has 0 radical (unpaired) electrons. The second kappa shape index (κ2) is 5.88. The summed E-state index contributed by atoms with van der Waals surface area (Å²) < 4.78 is 11.2. The Hall–Kier alpha value is -1.28. The molecule has 0 aromatic carbocycles. The maximum atomic E-state index is 13.5. The van der Waals surface area contributed by atoms with Gasteiger partial charge in [-0.1, -0.05) is 20.8 Å². The highest BCUT2D eigenvalue weighted by Crippen LogP contribution is 2.68. The minimum Gasteiger partial charge on any atom is -0.493 e. The lowest BCUT2D eigenvalue weighted by Crippen LogP contribution is -2.76. The van der Waals surface area contributed by atoms with Crippen LogP contribution in [0.25, 0.3) is 0 Å². The van der Waals surface area contributed by atoms with Gasteiger partial charge < -0.3 is 24.8 Å². The Morgan fingerprint density at radius 2 is 1.82 bits per heavy atom. The van der Waals surface area contributed by atoms with Gasteiger partial charge in [-0.25, -0.2) is 0 Å². The van der Waals surface area contributed by atoms with Gasteiger partial charge in [0.2, 0.25) is 5.78 Å². The summed E-state index contributed by atoms with van der Waals surface area (Å²) in [6.45, 7) is 7.08. The Balaban J connectivity index is 1.95. The molecule has 7 heteroatoms. The van der Waals surface area contributed by atoms with Crippen LogP contribution in [0.5, 0.6) is 0 Å². The number of hydrogen-bond donors (Lipinski definition) is 3. The predicted molar refractivity (Wildman–Crippen MR) is 97.7 cm³/mol. The lowest BCUT2D eigenvalue weighted by molar-refractivity contribution is -0.317. The normalized spacial score (nSPS) is 55.9. The van der Waals surface area contributed by atoms with Crippen LogP contribution in [0.3, 0.4) is 0 Å². The summed E-state index contributed by atoms with van der Waals surface area (Å²) in [4.78, 5) is 26.9. The van der Waals surface area contributed by atoms with Crippen LogP contribution in [-0.4, -0.2) is 58.1 Å². The maximum Gasteiger partial charge on any atom is 0.203 e. The number of methoxy groups -OCH3 is 1. The fourth-order valence-corrected chi connectivity index (χ4v) is 7.13. The number of rotatable bonds is 1. The standard InChI is InChI=1S/C21H30O7/c1-9-6-11(27-5)17(24)19(2)10(9)7-13-20(3)12(8-14(22)28-13)21(4,26)18(25)15(23)16(19)20/h6,9-10,12-14,16,18,22,25-26H,7-8H2,1-5H3/t9-,10+,12-,13+,14-,16+,18+,19+,20+,21+/m1/s1. The molecule has 1 saturated heterocycles. The number of ketones is 2. The molecule has 4 rings (SSSR count). The third-order valence-electron chi connectivity index (χ3n) is 8.46. The van der Waals surface area contributed by atoms with Crippen molar-refractivity contribution >= 4 is 11.6 Å². The molecule has 3 N–H and O–H groups in total. The van der Waals surface area contributed by atoms with Gasteiger partial charge >= 0.3 is 0 Å². The minimum atomic E-state index is -1.71. The molecule has 0 aromatic rings. The molecule has 0 amide bonds. The Bertz CT molecular complexity index is 758. The van der Waals surface area contributed by atoms with Crippen molar-refractivity contribution in [2.45, 2.75) is 64.6 Å². The van der Waals surface area contributed by atoms with E-state index in [1.807, 2.05) is 13.8 Å². The van der Waals surface area contributed by atoms with E-state index in [1.54, 1.807) is 13.0 Å². The van der Waals surface area contributed by atoms with Gasteiger partial charge in [-0.2, -0.15) is 0 Å². The molecule has 156 valence electrons. The van der Waals surface area contributed by atoms with Crippen molar-refractivity contribution in [1.82, 2.24) is 0 Å². The van der Waals surface area contributed by atoms with Gasteiger partial charge in [0, 0.05) is 29.1 Å². The largest absolute Gasteiger partial charge is 0.493 e. The lowest BCUT2D eigenvalue weighted by Gasteiger charge is -2.68. The van der Waals surface area contributed by atoms with Crippen LogP contribution in [0.2, 0.25) is 0 Å². The van der Waals surface area contributed by atoms with Crippen LogP contribution in [-0.2, 0) is 19.1 Å². The van der Waals surface area contributed by atoms with E-state index in [2.05, 4.69) is 0 Å². The molecule has 1 heterocycles. The smallest absolute Gasteiger partial charge is 0.203 e. The number of ether oxygens (including phenoxy) is 2. The van der Waals surface area contributed by atoms with E-state index in [9.17, 15) is 24.9 Å². The zero-order valence-corrected chi connectivity index (χ0v) is 17.0. The van der Waals surface area contributed by atoms with Crippen LogP contribution in [0.4, 0.5) is 0 Å². The number of allylic oxidation sites excluding steroid dienone is 2. The Morgan fingerprint density at radius 1 is 1.18 bits per heavy atom. The summed E-state index contributed by atoms with van der Waals surface area (Å²) in [7, 11) is 1.44. The van der Waals surface area contributed by atoms with E-state index >= 15 is 0 Å². The summed E-state index contributed by atoms with van der Waals surface area (Å²) in [6.07, 6.45) is -0.847. The quantitative estimate of drug-likeness (QED) is 0.603. The average Bonchev–Trinajstić information content (AvgIpc) is 2.62. The topological polar surface area (TPSA) is 113 Å². The van der Waals surface area contributed by atoms with Gasteiger partial charge in [-0.05, 0) is 31.3 Å². The van der Waals surface area contributed by atoms with Crippen LogP contribution >= 0.6 is 0 Å². The average molecular weight is 394 g/mol. The highest BCUT2D eigenvalue weighted by Gasteiger charge is 2.75. The molecule has 2 saturated carbocycles. The summed E-state index contributed by atoms with van der Waals surface area (Å²) in [6, 6.07) is 0. The zero-order valence-electron chi connectivity index (χ0n) is 17.0. The molecule has 10 atom stereocenters. The summed E-state index contributed by atoms with van der Waals surface area (Å²) >= 11 is 0. The molecule has 3 aliphatic carbocycles. The van der Waals surface area contributed by atoms with E-state index in [1.165, 1.54) is 14.0 Å². The molecular formula is C21H30O7. The maximum absolute atomic E-state index is 13.5. The molecule has 28 heavy (non-hydrogen) atoms. The molecule has 0 bridgehead atoms. The van der Waals surface area contributed by atoms with E-state index in [0.29, 0.717) is 6.42 Å². The van der Waals surface area contributed by atoms with Gasteiger partial charge in [-0.15, -0.1) is 0 Å². The number of Topliss-reactive ketones (excluding diaryl/α,β-unsaturated/α-hetero) is 2. The van der Waals surface area contributed by atoms with E-state index < -0.39 is 52.5 Å². The van der Waals surface area contributed by atoms with Crippen LogP contribution in [0.15, 0.2) is 11.8 Å². The summed E-state index contributed by atoms with van der Waals surface area (Å²) in [5.74, 6) is -2.22. The van der Waals surface area contributed by atoms with Gasteiger partial charge in [-0.3, -0.25) is 9.59 Å². The monoisotopic (exact) mass is 394 g/mol. The highest BCUT2D eigenvalue weighted by molar-refractivity contribution is 6.04. The molecule has 7 nitrogen and oxygen atoms in total. The Morgan fingerprint density at radius 3 is 2.43 bits per heavy atom. The predicted octanol–water partition coefficient (Wildman–Crippen LogP) is 0.802. The van der Waals surface area contributed by atoms with Crippen LogP contribution in [0.1, 0.15) is 40.5 Å². The first kappa shape index (κ1) is 20.0. The van der Waals surface area contributed by atoms with E-state index in [0.717, 1.165) is 0 Å². The number of hydrogen-bond acceptors (Lipinski definition) is 7. The van der Waals surface area contributed by atoms with Crippen molar-refractivity contribution in [2.24, 2.45) is 34.5 Å². The molecule has 3 fully saturated rings. The zero-order chi connectivity index (χ0) is 20.8. The number of aliphatic hydroxyl groups excluding tert-OH is 2.